The van der Waals surface area contributed by atoms with Gasteiger partial charge in [-0.05, 0) is 37.8 Å². The molecule has 21 heavy (non-hydrogen) atoms. The maximum atomic E-state index is 12.2. The second-order valence-corrected chi connectivity index (χ2v) is 5.65. The molecule has 1 amide bonds. The zero-order valence-electron chi connectivity index (χ0n) is 12.6. The molecule has 5 nitrogen and oxygen atoms in total. The van der Waals surface area contributed by atoms with Crippen molar-refractivity contribution in [2.24, 2.45) is 11.7 Å². The number of hydrogen-bond donors (Lipinski definition) is 2. The number of amides is 1. The lowest BCUT2D eigenvalue weighted by Crippen LogP contribution is -2.53. The van der Waals surface area contributed by atoms with Gasteiger partial charge in [0.1, 0.15) is 5.82 Å². The Hall–Kier alpha value is -1.04. The normalized spacial score (nSPS) is 16.0. The summed E-state index contributed by atoms with van der Waals surface area (Å²) in [7, 11) is 3.83. The molecule has 120 valence electrons. The molecule has 0 radical (unpaired) electrons. The summed E-state index contributed by atoms with van der Waals surface area (Å²) >= 11 is 0. The lowest BCUT2D eigenvalue weighted by molar-refractivity contribution is 0.0897. The SMILES string of the molecule is CN(C)c1ccc(C(=O)NC(C)(CN)C2CC2)cn1.Cl.Cl. The zero-order chi connectivity index (χ0) is 14.0. The Balaban J connectivity index is 0.00000200. The first-order chi connectivity index (χ1) is 8.96. The number of nitrogens with two attached hydrogens (primary N) is 1. The molecule has 1 unspecified atom stereocenters. The number of pyridine rings is 1. The van der Waals surface area contributed by atoms with Crippen LogP contribution in [0.2, 0.25) is 0 Å². The van der Waals surface area contributed by atoms with Crippen LogP contribution in [0.15, 0.2) is 18.3 Å². The molecule has 1 aliphatic carbocycles. The third kappa shape index (κ3) is 4.73. The number of nitrogens with one attached hydrogen (secondary N) is 1. The number of carbonyl (C=O) groups is 1. The molecule has 3 N–H and O–H groups in total. The van der Waals surface area contributed by atoms with Gasteiger partial charge in [-0.2, -0.15) is 0 Å². The van der Waals surface area contributed by atoms with E-state index in [1.165, 1.54) is 0 Å². The van der Waals surface area contributed by atoms with E-state index in [0.717, 1.165) is 18.7 Å². The highest BCUT2D eigenvalue weighted by atomic mass is 35.5. The molecule has 1 aromatic rings. The number of halogens is 2. The Kier molecular flexibility index (Phi) is 7.44. The Morgan fingerprint density at radius 2 is 2.05 bits per heavy atom. The van der Waals surface area contributed by atoms with Gasteiger partial charge in [0.15, 0.2) is 0 Å². The van der Waals surface area contributed by atoms with Crippen LogP contribution in [0.3, 0.4) is 0 Å². The van der Waals surface area contributed by atoms with E-state index in [1.54, 1.807) is 12.3 Å². The van der Waals surface area contributed by atoms with Gasteiger partial charge in [-0.15, -0.1) is 24.8 Å². The van der Waals surface area contributed by atoms with Gasteiger partial charge in [-0.1, -0.05) is 0 Å². The summed E-state index contributed by atoms with van der Waals surface area (Å²) in [5.74, 6) is 1.24. The van der Waals surface area contributed by atoms with Gasteiger partial charge >= 0.3 is 0 Å². The van der Waals surface area contributed by atoms with Crippen LogP contribution in [0, 0.1) is 5.92 Å². The van der Waals surface area contributed by atoms with Crippen molar-refractivity contribution in [1.82, 2.24) is 10.3 Å². The molecule has 1 atom stereocenters. The second kappa shape index (κ2) is 7.82. The molecular weight excluding hydrogens is 311 g/mol. The van der Waals surface area contributed by atoms with Crippen LogP contribution >= 0.6 is 24.8 Å². The quantitative estimate of drug-likeness (QED) is 0.861. The van der Waals surface area contributed by atoms with Gasteiger partial charge in [-0.3, -0.25) is 4.79 Å². The van der Waals surface area contributed by atoms with E-state index in [2.05, 4.69) is 10.3 Å². The van der Waals surface area contributed by atoms with Crippen molar-refractivity contribution in [3.63, 3.8) is 0 Å². The van der Waals surface area contributed by atoms with Crippen molar-refractivity contribution >= 4 is 36.5 Å². The average molecular weight is 335 g/mol. The van der Waals surface area contributed by atoms with Crippen molar-refractivity contribution in [2.45, 2.75) is 25.3 Å². The molecule has 0 bridgehead atoms. The summed E-state index contributed by atoms with van der Waals surface area (Å²) in [6.07, 6.45) is 3.89. The third-order valence-electron chi connectivity index (χ3n) is 3.77. The van der Waals surface area contributed by atoms with Crippen molar-refractivity contribution in [3.8, 4) is 0 Å². The number of rotatable bonds is 5. The highest BCUT2D eigenvalue weighted by Gasteiger charge is 2.41. The first-order valence-electron chi connectivity index (χ1n) is 6.62. The summed E-state index contributed by atoms with van der Waals surface area (Å²) in [4.78, 5) is 18.4. The van der Waals surface area contributed by atoms with Gasteiger partial charge in [0.2, 0.25) is 0 Å². The van der Waals surface area contributed by atoms with Crippen LogP contribution in [0.4, 0.5) is 5.82 Å². The van der Waals surface area contributed by atoms with Crippen LogP contribution in [-0.4, -0.2) is 37.1 Å². The minimum atomic E-state index is -0.294. The highest BCUT2D eigenvalue weighted by molar-refractivity contribution is 5.94. The molecule has 1 fully saturated rings. The molecule has 0 aromatic carbocycles. The molecular formula is C14H24Cl2N4O. The number of aromatic nitrogens is 1. The molecule has 1 heterocycles. The third-order valence-corrected chi connectivity index (χ3v) is 3.77. The molecule has 2 rings (SSSR count). The lowest BCUT2D eigenvalue weighted by Gasteiger charge is -2.29. The molecule has 0 spiro atoms. The summed E-state index contributed by atoms with van der Waals surface area (Å²) in [6, 6.07) is 3.63. The maximum Gasteiger partial charge on any atom is 0.253 e. The minimum Gasteiger partial charge on any atom is -0.363 e. The largest absolute Gasteiger partial charge is 0.363 e. The van der Waals surface area contributed by atoms with Gasteiger partial charge in [0.25, 0.3) is 5.91 Å². The number of carbonyl (C=O) groups excluding carboxylic acids is 1. The van der Waals surface area contributed by atoms with Crippen LogP contribution < -0.4 is 16.0 Å². The van der Waals surface area contributed by atoms with Gasteiger partial charge in [-0.25, -0.2) is 4.98 Å². The second-order valence-electron chi connectivity index (χ2n) is 5.65. The van der Waals surface area contributed by atoms with E-state index in [0.29, 0.717) is 18.0 Å². The minimum absolute atomic E-state index is 0. The van der Waals surface area contributed by atoms with E-state index in [-0.39, 0.29) is 36.3 Å². The van der Waals surface area contributed by atoms with Crippen LogP contribution in [0.25, 0.3) is 0 Å². The number of hydrogen-bond acceptors (Lipinski definition) is 4. The van der Waals surface area contributed by atoms with Gasteiger partial charge in [0, 0.05) is 26.8 Å². The molecule has 7 heteroatoms. The fourth-order valence-corrected chi connectivity index (χ4v) is 2.16. The highest BCUT2D eigenvalue weighted by Crippen LogP contribution is 2.39. The maximum absolute atomic E-state index is 12.2. The average Bonchev–Trinajstić information content (AvgIpc) is 3.23. The standard InChI is InChI=1S/C14H22N4O.2ClH/c1-14(9-15,11-5-6-11)17-13(19)10-4-7-12(16-8-10)18(2)3;;/h4,7-8,11H,5-6,9,15H2,1-3H3,(H,17,19);2*1H. The summed E-state index contributed by atoms with van der Waals surface area (Å²) in [6.45, 7) is 2.48. The van der Waals surface area contributed by atoms with E-state index in [4.69, 9.17) is 5.73 Å². The Morgan fingerprint density at radius 3 is 2.43 bits per heavy atom. The topological polar surface area (TPSA) is 71.2 Å². The van der Waals surface area contributed by atoms with Gasteiger partial charge in [0.05, 0.1) is 11.1 Å². The van der Waals surface area contributed by atoms with E-state index >= 15 is 0 Å². The van der Waals surface area contributed by atoms with Crippen LogP contribution in [0.1, 0.15) is 30.1 Å². The zero-order valence-corrected chi connectivity index (χ0v) is 14.3. The first-order valence-corrected chi connectivity index (χ1v) is 6.62. The smallest absolute Gasteiger partial charge is 0.253 e. The van der Waals surface area contributed by atoms with Gasteiger partial charge < -0.3 is 16.0 Å². The van der Waals surface area contributed by atoms with Crippen molar-refractivity contribution < 1.29 is 4.79 Å². The van der Waals surface area contributed by atoms with Crippen molar-refractivity contribution in [1.29, 1.82) is 0 Å². The van der Waals surface area contributed by atoms with E-state index < -0.39 is 0 Å². The molecule has 1 aromatic heterocycles. The molecule has 0 aliphatic heterocycles. The summed E-state index contributed by atoms with van der Waals surface area (Å²) in [5, 5.41) is 3.05. The summed E-state index contributed by atoms with van der Waals surface area (Å²) < 4.78 is 0. The van der Waals surface area contributed by atoms with Crippen molar-refractivity contribution in [2.75, 3.05) is 25.5 Å². The number of nitrogens with zero attached hydrogens (tertiary/aromatic N) is 2. The fourth-order valence-electron chi connectivity index (χ4n) is 2.16. The Morgan fingerprint density at radius 1 is 1.43 bits per heavy atom. The van der Waals surface area contributed by atoms with E-state index in [1.807, 2.05) is 32.0 Å². The number of anilines is 1. The lowest BCUT2D eigenvalue weighted by atomic mass is 9.95. The monoisotopic (exact) mass is 334 g/mol. The van der Waals surface area contributed by atoms with Crippen molar-refractivity contribution in [3.05, 3.63) is 23.9 Å². The predicted octanol–water partition coefficient (Wildman–Crippen LogP) is 1.85. The fraction of sp³-hybridized carbons (Fsp3) is 0.571. The molecule has 0 saturated heterocycles. The van der Waals surface area contributed by atoms with Crippen LogP contribution in [-0.2, 0) is 0 Å². The van der Waals surface area contributed by atoms with E-state index in [9.17, 15) is 4.79 Å². The van der Waals surface area contributed by atoms with Crippen LogP contribution in [0.5, 0.6) is 0 Å². The Labute approximate surface area is 138 Å². The molecule has 1 saturated carbocycles. The predicted molar refractivity (Wildman–Crippen MR) is 90.7 cm³/mol. The Bertz CT molecular complexity index is 463. The first kappa shape index (κ1) is 20.0. The molecule has 1 aliphatic rings. The summed E-state index contributed by atoms with van der Waals surface area (Å²) in [5.41, 5.74) is 6.08.